The number of ether oxygens (including phenoxy) is 1. The number of methoxy groups -OCH3 is 1. The van der Waals surface area contributed by atoms with E-state index in [0.717, 1.165) is 45.7 Å². The van der Waals surface area contributed by atoms with Crippen molar-refractivity contribution < 1.29 is 9.53 Å². The highest BCUT2D eigenvalue weighted by Crippen LogP contribution is 2.06. The predicted molar refractivity (Wildman–Crippen MR) is 67.9 cm³/mol. The Morgan fingerprint density at radius 1 is 1.12 bits per heavy atom. The molecule has 0 unspecified atom stereocenters. The van der Waals surface area contributed by atoms with E-state index in [4.69, 9.17) is 10.5 Å². The van der Waals surface area contributed by atoms with Crippen LogP contribution in [0.1, 0.15) is 25.7 Å². The summed E-state index contributed by atoms with van der Waals surface area (Å²) in [7, 11) is 1.44. The number of amides is 1. The number of hydrogen-bond donors (Lipinski definition) is 1. The monoisotopic (exact) mass is 243 g/mol. The Bertz CT molecular complexity index is 216. The lowest BCUT2D eigenvalue weighted by Gasteiger charge is -2.33. The summed E-state index contributed by atoms with van der Waals surface area (Å²) in [6.07, 6.45) is 4.66. The van der Waals surface area contributed by atoms with Crippen molar-refractivity contribution in [2.45, 2.75) is 25.7 Å². The van der Waals surface area contributed by atoms with Crippen LogP contribution in [0.5, 0.6) is 0 Å². The van der Waals surface area contributed by atoms with E-state index in [9.17, 15) is 4.79 Å². The van der Waals surface area contributed by atoms with Crippen molar-refractivity contribution >= 4 is 6.09 Å². The lowest BCUT2D eigenvalue weighted by Crippen LogP contribution is -2.48. The molecular formula is C12H25N3O2. The first-order chi connectivity index (χ1) is 8.27. The molecule has 0 radical (unpaired) electrons. The number of rotatable bonds is 6. The smallest absolute Gasteiger partial charge is 0.409 e. The Hall–Kier alpha value is -0.810. The molecule has 0 saturated carbocycles. The van der Waals surface area contributed by atoms with Crippen molar-refractivity contribution in [2.75, 3.05) is 46.4 Å². The van der Waals surface area contributed by atoms with Gasteiger partial charge in [0.05, 0.1) is 7.11 Å². The molecule has 0 aromatic rings. The standard InChI is InChI=1S/C12H25N3O2/c1-17-12(16)15-10-8-14(9-11-15)7-5-3-2-4-6-13/h2-11,13H2,1H3. The van der Waals surface area contributed by atoms with Crippen molar-refractivity contribution in [1.82, 2.24) is 9.80 Å². The van der Waals surface area contributed by atoms with Crippen molar-refractivity contribution in [3.63, 3.8) is 0 Å². The number of carbonyl (C=O) groups is 1. The Labute approximate surface area is 104 Å². The van der Waals surface area contributed by atoms with Crippen LogP contribution >= 0.6 is 0 Å². The Kier molecular flexibility index (Phi) is 6.96. The fourth-order valence-corrected chi connectivity index (χ4v) is 2.12. The minimum Gasteiger partial charge on any atom is -0.453 e. The molecule has 5 nitrogen and oxygen atoms in total. The second kappa shape index (κ2) is 8.31. The zero-order valence-electron chi connectivity index (χ0n) is 10.9. The molecule has 17 heavy (non-hydrogen) atoms. The molecule has 5 heteroatoms. The molecule has 1 rings (SSSR count). The van der Waals surface area contributed by atoms with E-state index in [1.54, 1.807) is 4.90 Å². The third-order valence-corrected chi connectivity index (χ3v) is 3.23. The van der Waals surface area contributed by atoms with Crippen molar-refractivity contribution in [2.24, 2.45) is 5.73 Å². The maximum atomic E-state index is 11.3. The van der Waals surface area contributed by atoms with Gasteiger partial charge in [-0.05, 0) is 25.9 Å². The quantitative estimate of drug-likeness (QED) is 0.704. The number of unbranched alkanes of at least 4 members (excludes halogenated alkanes) is 3. The minimum absolute atomic E-state index is 0.201. The molecule has 0 bridgehead atoms. The van der Waals surface area contributed by atoms with E-state index in [0.29, 0.717) is 0 Å². The van der Waals surface area contributed by atoms with E-state index in [-0.39, 0.29) is 6.09 Å². The van der Waals surface area contributed by atoms with Gasteiger partial charge in [-0.2, -0.15) is 0 Å². The molecule has 1 fully saturated rings. The lowest BCUT2D eigenvalue weighted by atomic mass is 10.2. The van der Waals surface area contributed by atoms with Crippen LogP contribution in [0.15, 0.2) is 0 Å². The zero-order chi connectivity index (χ0) is 12.5. The molecule has 0 atom stereocenters. The molecule has 1 heterocycles. The molecule has 1 aliphatic rings. The first kappa shape index (κ1) is 14.3. The molecule has 0 spiro atoms. The van der Waals surface area contributed by atoms with Gasteiger partial charge in [0, 0.05) is 26.2 Å². The summed E-state index contributed by atoms with van der Waals surface area (Å²) in [6, 6.07) is 0. The van der Waals surface area contributed by atoms with Crippen molar-refractivity contribution in [3.8, 4) is 0 Å². The fourth-order valence-electron chi connectivity index (χ4n) is 2.12. The summed E-state index contributed by atoms with van der Waals surface area (Å²) < 4.78 is 4.71. The van der Waals surface area contributed by atoms with Crippen LogP contribution in [0.2, 0.25) is 0 Å². The van der Waals surface area contributed by atoms with Crippen LogP contribution in [0.25, 0.3) is 0 Å². The van der Waals surface area contributed by atoms with Gasteiger partial charge in [0.1, 0.15) is 0 Å². The second-order valence-corrected chi connectivity index (χ2v) is 4.50. The highest BCUT2D eigenvalue weighted by atomic mass is 16.5. The molecule has 1 aliphatic heterocycles. The third kappa shape index (κ3) is 5.37. The van der Waals surface area contributed by atoms with Crippen LogP contribution in [0.4, 0.5) is 4.79 Å². The van der Waals surface area contributed by atoms with Gasteiger partial charge < -0.3 is 15.4 Å². The van der Waals surface area contributed by atoms with E-state index >= 15 is 0 Å². The zero-order valence-corrected chi connectivity index (χ0v) is 10.9. The topological polar surface area (TPSA) is 58.8 Å². The highest BCUT2D eigenvalue weighted by molar-refractivity contribution is 5.67. The number of hydrogen-bond acceptors (Lipinski definition) is 4. The van der Waals surface area contributed by atoms with Crippen molar-refractivity contribution in [3.05, 3.63) is 0 Å². The van der Waals surface area contributed by atoms with Crippen LogP contribution in [-0.4, -0.2) is 62.3 Å². The van der Waals surface area contributed by atoms with Gasteiger partial charge in [0.15, 0.2) is 0 Å². The normalized spacial score (nSPS) is 17.2. The molecule has 0 aromatic carbocycles. The summed E-state index contributed by atoms with van der Waals surface area (Å²) in [6.45, 7) is 5.44. The lowest BCUT2D eigenvalue weighted by molar-refractivity contribution is 0.0905. The van der Waals surface area contributed by atoms with Gasteiger partial charge in [-0.15, -0.1) is 0 Å². The maximum absolute atomic E-state index is 11.3. The molecule has 1 amide bonds. The van der Waals surface area contributed by atoms with Crippen LogP contribution in [-0.2, 0) is 4.74 Å². The van der Waals surface area contributed by atoms with E-state index < -0.39 is 0 Å². The largest absolute Gasteiger partial charge is 0.453 e. The summed E-state index contributed by atoms with van der Waals surface area (Å²) in [5, 5.41) is 0. The Balaban J connectivity index is 2.05. The van der Waals surface area contributed by atoms with Gasteiger partial charge >= 0.3 is 6.09 Å². The molecule has 0 aromatic heterocycles. The SMILES string of the molecule is COC(=O)N1CCN(CCCCCCN)CC1. The number of nitrogens with zero attached hydrogens (tertiary/aromatic N) is 2. The minimum atomic E-state index is -0.201. The summed E-state index contributed by atoms with van der Waals surface area (Å²) in [5.74, 6) is 0. The van der Waals surface area contributed by atoms with E-state index in [2.05, 4.69) is 4.90 Å². The van der Waals surface area contributed by atoms with Crippen LogP contribution in [0.3, 0.4) is 0 Å². The molecule has 2 N–H and O–H groups in total. The second-order valence-electron chi connectivity index (χ2n) is 4.50. The first-order valence-electron chi connectivity index (χ1n) is 6.53. The summed E-state index contributed by atoms with van der Waals surface area (Å²) in [5.41, 5.74) is 5.45. The molecule has 1 saturated heterocycles. The number of carbonyl (C=O) groups excluding carboxylic acids is 1. The van der Waals surface area contributed by atoms with Gasteiger partial charge in [-0.3, -0.25) is 4.90 Å². The highest BCUT2D eigenvalue weighted by Gasteiger charge is 2.20. The van der Waals surface area contributed by atoms with E-state index in [1.807, 2.05) is 0 Å². The average molecular weight is 243 g/mol. The maximum Gasteiger partial charge on any atom is 0.409 e. The molecular weight excluding hydrogens is 218 g/mol. The van der Waals surface area contributed by atoms with Crippen LogP contribution < -0.4 is 5.73 Å². The van der Waals surface area contributed by atoms with E-state index in [1.165, 1.54) is 26.4 Å². The molecule has 0 aliphatic carbocycles. The van der Waals surface area contributed by atoms with Gasteiger partial charge in [-0.25, -0.2) is 4.79 Å². The van der Waals surface area contributed by atoms with Crippen molar-refractivity contribution in [1.29, 1.82) is 0 Å². The fraction of sp³-hybridized carbons (Fsp3) is 0.917. The predicted octanol–water partition coefficient (Wildman–Crippen LogP) is 0.889. The summed E-state index contributed by atoms with van der Waals surface area (Å²) >= 11 is 0. The third-order valence-electron chi connectivity index (χ3n) is 3.23. The Morgan fingerprint density at radius 3 is 2.35 bits per heavy atom. The van der Waals surface area contributed by atoms with Gasteiger partial charge in [0.25, 0.3) is 0 Å². The number of nitrogens with two attached hydrogens (primary N) is 1. The van der Waals surface area contributed by atoms with Gasteiger partial charge in [0.2, 0.25) is 0 Å². The van der Waals surface area contributed by atoms with Gasteiger partial charge in [-0.1, -0.05) is 12.8 Å². The number of piperazine rings is 1. The van der Waals surface area contributed by atoms with Crippen LogP contribution in [0, 0.1) is 0 Å². The molecule has 100 valence electrons. The first-order valence-corrected chi connectivity index (χ1v) is 6.53. The Morgan fingerprint density at radius 2 is 1.76 bits per heavy atom. The summed E-state index contributed by atoms with van der Waals surface area (Å²) in [4.78, 5) is 15.5. The average Bonchev–Trinajstić information content (AvgIpc) is 2.38.